The van der Waals surface area contributed by atoms with Crippen molar-refractivity contribution in [3.8, 4) is 5.75 Å². The minimum absolute atomic E-state index is 0.0689. The van der Waals surface area contributed by atoms with Crippen LogP contribution < -0.4 is 15.6 Å². The summed E-state index contributed by atoms with van der Waals surface area (Å²) in [6.07, 6.45) is 0. The predicted octanol–water partition coefficient (Wildman–Crippen LogP) is 2.84. The molecule has 0 bridgehead atoms. The Hall–Kier alpha value is -2.86. The highest BCUT2D eigenvalue weighted by atomic mass is 35.5. The van der Waals surface area contributed by atoms with Crippen LogP contribution in [0.25, 0.3) is 10.9 Å². The molecule has 2 aromatic carbocycles. The van der Waals surface area contributed by atoms with Crippen LogP contribution in [-0.4, -0.2) is 23.0 Å². The van der Waals surface area contributed by atoms with E-state index in [9.17, 15) is 9.59 Å². The summed E-state index contributed by atoms with van der Waals surface area (Å²) in [4.78, 5) is 30.9. The van der Waals surface area contributed by atoms with E-state index in [1.54, 1.807) is 42.5 Å². The zero-order chi connectivity index (χ0) is 16.4. The van der Waals surface area contributed by atoms with Gasteiger partial charge in [0.2, 0.25) is 0 Å². The number of nitrogens with one attached hydrogen (secondary N) is 2. The first-order valence-electron chi connectivity index (χ1n) is 6.72. The molecule has 2 N–H and O–H groups in total. The van der Waals surface area contributed by atoms with Gasteiger partial charge in [-0.2, -0.15) is 0 Å². The van der Waals surface area contributed by atoms with Gasteiger partial charge in [-0.25, -0.2) is 4.98 Å². The molecule has 1 aromatic heterocycles. The van der Waals surface area contributed by atoms with Crippen LogP contribution in [0.15, 0.2) is 47.3 Å². The Bertz CT molecular complexity index is 953. The highest BCUT2D eigenvalue weighted by Crippen LogP contribution is 2.27. The average molecular weight is 330 g/mol. The van der Waals surface area contributed by atoms with E-state index in [0.717, 1.165) is 0 Å². The number of hydrogen-bond donors (Lipinski definition) is 2. The van der Waals surface area contributed by atoms with Gasteiger partial charge in [0.15, 0.2) is 5.82 Å². The topological polar surface area (TPSA) is 84.1 Å². The Balaban J connectivity index is 1.92. The summed E-state index contributed by atoms with van der Waals surface area (Å²) in [6.45, 7) is 0. The summed E-state index contributed by atoms with van der Waals surface area (Å²) in [7, 11) is 1.50. The standard InChI is InChI=1S/C16H12ClN3O3/c1-23-13-7-6-9(8-11(13)17)18-16(22)14-19-12-5-3-2-4-10(12)15(21)20-14/h2-8H,1H3,(H,18,22)(H,19,20,21). The van der Waals surface area contributed by atoms with E-state index in [1.807, 2.05) is 0 Å². The Morgan fingerprint density at radius 1 is 1.26 bits per heavy atom. The summed E-state index contributed by atoms with van der Waals surface area (Å²) in [5, 5.41) is 3.42. The second kappa shape index (κ2) is 6.10. The third-order valence-electron chi connectivity index (χ3n) is 3.24. The Morgan fingerprint density at radius 3 is 2.78 bits per heavy atom. The maximum atomic E-state index is 12.3. The first-order valence-corrected chi connectivity index (χ1v) is 7.10. The molecule has 6 nitrogen and oxygen atoms in total. The molecule has 0 radical (unpaired) electrons. The van der Waals surface area contributed by atoms with E-state index >= 15 is 0 Å². The zero-order valence-electron chi connectivity index (χ0n) is 12.1. The van der Waals surface area contributed by atoms with Gasteiger partial charge in [-0.1, -0.05) is 23.7 Å². The summed E-state index contributed by atoms with van der Waals surface area (Å²) >= 11 is 6.01. The molecular formula is C16H12ClN3O3. The van der Waals surface area contributed by atoms with Crippen LogP contribution in [0.2, 0.25) is 5.02 Å². The van der Waals surface area contributed by atoms with E-state index in [2.05, 4.69) is 15.3 Å². The van der Waals surface area contributed by atoms with Crippen LogP contribution in [0.1, 0.15) is 10.6 Å². The molecule has 3 aromatic rings. The van der Waals surface area contributed by atoms with Crippen molar-refractivity contribution in [2.75, 3.05) is 12.4 Å². The van der Waals surface area contributed by atoms with E-state index in [4.69, 9.17) is 16.3 Å². The predicted molar refractivity (Wildman–Crippen MR) is 88.3 cm³/mol. The van der Waals surface area contributed by atoms with Gasteiger partial charge in [-0.15, -0.1) is 0 Å². The first kappa shape index (κ1) is 15.1. The van der Waals surface area contributed by atoms with Crippen LogP contribution in [0.5, 0.6) is 5.75 Å². The van der Waals surface area contributed by atoms with Gasteiger partial charge < -0.3 is 15.0 Å². The lowest BCUT2D eigenvalue weighted by molar-refractivity contribution is 0.101. The van der Waals surface area contributed by atoms with Crippen LogP contribution in [0.3, 0.4) is 0 Å². The number of H-pyrrole nitrogens is 1. The van der Waals surface area contributed by atoms with Crippen LogP contribution in [0, 0.1) is 0 Å². The quantitative estimate of drug-likeness (QED) is 0.774. The number of hydrogen-bond acceptors (Lipinski definition) is 4. The third-order valence-corrected chi connectivity index (χ3v) is 3.53. The number of nitrogens with zero attached hydrogens (tertiary/aromatic N) is 1. The number of anilines is 1. The largest absolute Gasteiger partial charge is 0.495 e. The Labute approximate surface area is 136 Å². The summed E-state index contributed by atoms with van der Waals surface area (Å²) < 4.78 is 5.05. The number of halogens is 1. The lowest BCUT2D eigenvalue weighted by atomic mass is 10.2. The fraction of sp³-hybridized carbons (Fsp3) is 0.0625. The number of carbonyl (C=O) groups excluding carboxylic acids is 1. The fourth-order valence-electron chi connectivity index (χ4n) is 2.13. The average Bonchev–Trinajstić information content (AvgIpc) is 2.55. The fourth-order valence-corrected chi connectivity index (χ4v) is 2.39. The number of amides is 1. The molecule has 3 rings (SSSR count). The van der Waals surface area contributed by atoms with Gasteiger partial charge >= 0.3 is 0 Å². The maximum absolute atomic E-state index is 12.3. The monoisotopic (exact) mass is 329 g/mol. The highest BCUT2D eigenvalue weighted by Gasteiger charge is 2.12. The number of rotatable bonds is 3. The van der Waals surface area contributed by atoms with Crippen molar-refractivity contribution in [2.45, 2.75) is 0 Å². The number of para-hydroxylation sites is 1. The van der Waals surface area contributed by atoms with Crippen molar-refractivity contribution < 1.29 is 9.53 Å². The van der Waals surface area contributed by atoms with Crippen LogP contribution >= 0.6 is 11.6 Å². The maximum Gasteiger partial charge on any atom is 0.291 e. The number of ether oxygens (including phenoxy) is 1. The van der Waals surface area contributed by atoms with Crippen molar-refractivity contribution >= 4 is 34.1 Å². The number of benzene rings is 2. The van der Waals surface area contributed by atoms with Gasteiger partial charge in [0.1, 0.15) is 5.75 Å². The highest BCUT2D eigenvalue weighted by molar-refractivity contribution is 6.32. The molecule has 0 saturated carbocycles. The molecule has 116 valence electrons. The minimum Gasteiger partial charge on any atom is -0.495 e. The van der Waals surface area contributed by atoms with Crippen molar-refractivity contribution in [3.63, 3.8) is 0 Å². The minimum atomic E-state index is -0.533. The van der Waals surface area contributed by atoms with Crippen molar-refractivity contribution in [3.05, 3.63) is 63.7 Å². The van der Waals surface area contributed by atoms with E-state index in [1.165, 1.54) is 7.11 Å². The number of aromatic amines is 1. The molecule has 1 heterocycles. The summed E-state index contributed by atoms with van der Waals surface area (Å²) in [5.74, 6) is -0.100. The molecule has 1 amide bonds. The van der Waals surface area contributed by atoms with Gasteiger partial charge in [0.25, 0.3) is 11.5 Å². The molecule has 0 fully saturated rings. The molecule has 0 aliphatic heterocycles. The van der Waals surface area contributed by atoms with Gasteiger partial charge in [-0.05, 0) is 30.3 Å². The van der Waals surface area contributed by atoms with Gasteiger partial charge in [0, 0.05) is 5.69 Å². The Kier molecular flexibility index (Phi) is 3.99. The SMILES string of the molecule is COc1ccc(NC(=O)c2nc3ccccc3c(=O)[nH]2)cc1Cl. The molecule has 0 unspecified atom stereocenters. The van der Waals surface area contributed by atoms with E-state index < -0.39 is 5.91 Å². The summed E-state index contributed by atoms with van der Waals surface area (Å²) in [6, 6.07) is 11.6. The first-order chi connectivity index (χ1) is 11.1. The molecular weight excluding hydrogens is 318 g/mol. The van der Waals surface area contributed by atoms with E-state index in [0.29, 0.717) is 27.4 Å². The number of aromatic nitrogens is 2. The zero-order valence-corrected chi connectivity index (χ0v) is 12.8. The molecule has 7 heteroatoms. The molecule has 0 spiro atoms. The van der Waals surface area contributed by atoms with Gasteiger partial charge in [-0.3, -0.25) is 9.59 Å². The van der Waals surface area contributed by atoms with E-state index in [-0.39, 0.29) is 11.4 Å². The molecule has 0 atom stereocenters. The van der Waals surface area contributed by atoms with Crippen molar-refractivity contribution in [1.29, 1.82) is 0 Å². The molecule has 0 saturated heterocycles. The van der Waals surface area contributed by atoms with Crippen molar-refractivity contribution in [1.82, 2.24) is 9.97 Å². The molecule has 0 aliphatic rings. The summed E-state index contributed by atoms with van der Waals surface area (Å²) in [5.41, 5.74) is 0.555. The lowest BCUT2D eigenvalue weighted by Gasteiger charge is -2.08. The Morgan fingerprint density at radius 2 is 2.04 bits per heavy atom. The molecule has 23 heavy (non-hydrogen) atoms. The number of methoxy groups -OCH3 is 1. The lowest BCUT2D eigenvalue weighted by Crippen LogP contribution is -2.21. The third kappa shape index (κ3) is 3.02. The second-order valence-corrected chi connectivity index (χ2v) is 5.14. The molecule has 0 aliphatic carbocycles. The number of carbonyl (C=O) groups is 1. The van der Waals surface area contributed by atoms with Crippen LogP contribution in [0.4, 0.5) is 5.69 Å². The van der Waals surface area contributed by atoms with Crippen molar-refractivity contribution in [2.24, 2.45) is 0 Å². The number of fused-ring (bicyclic) bond motifs is 1. The smallest absolute Gasteiger partial charge is 0.291 e. The second-order valence-electron chi connectivity index (χ2n) is 4.74. The normalized spacial score (nSPS) is 10.5. The van der Waals surface area contributed by atoms with Gasteiger partial charge in [0.05, 0.1) is 23.0 Å². The van der Waals surface area contributed by atoms with Crippen LogP contribution in [-0.2, 0) is 0 Å².